The highest BCUT2D eigenvalue weighted by atomic mass is 16.1. The zero-order valence-corrected chi connectivity index (χ0v) is 15.1. The highest BCUT2D eigenvalue weighted by Crippen LogP contribution is 2.21. The molecule has 1 aliphatic heterocycles. The molecule has 1 heterocycles. The molecule has 1 fully saturated rings. The van der Waals surface area contributed by atoms with Gasteiger partial charge in [0.05, 0.1) is 11.3 Å². The lowest BCUT2D eigenvalue weighted by Crippen LogP contribution is -2.39. The van der Waals surface area contributed by atoms with Gasteiger partial charge in [-0.2, -0.15) is 5.26 Å². The molecule has 130 valence electrons. The minimum atomic E-state index is 0.0240. The van der Waals surface area contributed by atoms with Crippen LogP contribution >= 0.6 is 0 Å². The maximum Gasteiger partial charge on any atom is 0.159 e. The van der Waals surface area contributed by atoms with Gasteiger partial charge >= 0.3 is 0 Å². The molecule has 2 atom stereocenters. The number of carbonyl (C=O) groups is 1. The SMILES string of the molecule is CC(=O)c1ccc(C#N)c(NCCCCN2CC(C)CC(C)C2)c1. The molecule has 4 heteroatoms. The fourth-order valence-electron chi connectivity index (χ4n) is 3.67. The first kappa shape index (κ1) is 18.5. The van der Waals surface area contributed by atoms with Crippen molar-refractivity contribution in [3.05, 3.63) is 29.3 Å². The van der Waals surface area contributed by atoms with Gasteiger partial charge < -0.3 is 10.2 Å². The minimum absolute atomic E-state index is 0.0240. The maximum absolute atomic E-state index is 11.5. The number of piperidine rings is 1. The van der Waals surface area contributed by atoms with E-state index in [0.29, 0.717) is 11.1 Å². The van der Waals surface area contributed by atoms with Crippen LogP contribution in [0.5, 0.6) is 0 Å². The molecule has 0 aromatic heterocycles. The molecule has 1 saturated heterocycles. The number of Topliss-reactive ketones (excluding diaryl/α,β-unsaturated/α-hetero) is 1. The van der Waals surface area contributed by atoms with E-state index in [0.717, 1.165) is 43.5 Å². The van der Waals surface area contributed by atoms with Crippen LogP contribution in [0.1, 0.15) is 56.0 Å². The van der Waals surface area contributed by atoms with Gasteiger partial charge in [0, 0.05) is 25.2 Å². The highest BCUT2D eigenvalue weighted by molar-refractivity contribution is 5.95. The summed E-state index contributed by atoms with van der Waals surface area (Å²) in [6, 6.07) is 7.40. The van der Waals surface area contributed by atoms with E-state index >= 15 is 0 Å². The first-order chi connectivity index (χ1) is 11.5. The Kier molecular flexibility index (Phi) is 6.81. The monoisotopic (exact) mass is 327 g/mol. The Morgan fingerprint density at radius 2 is 2.00 bits per heavy atom. The van der Waals surface area contributed by atoms with Crippen LogP contribution in [0.25, 0.3) is 0 Å². The van der Waals surface area contributed by atoms with Gasteiger partial charge in [0.15, 0.2) is 5.78 Å². The molecule has 0 spiro atoms. The molecule has 2 unspecified atom stereocenters. The number of unbranched alkanes of at least 4 members (excludes halogenated alkanes) is 1. The fourth-order valence-corrected chi connectivity index (χ4v) is 3.67. The first-order valence-corrected chi connectivity index (χ1v) is 9.01. The number of ketones is 1. The van der Waals surface area contributed by atoms with E-state index in [1.54, 1.807) is 25.1 Å². The van der Waals surface area contributed by atoms with Crippen LogP contribution in [0.2, 0.25) is 0 Å². The molecule has 1 aromatic carbocycles. The van der Waals surface area contributed by atoms with E-state index in [2.05, 4.69) is 30.1 Å². The van der Waals surface area contributed by atoms with E-state index in [4.69, 9.17) is 0 Å². The Hall–Kier alpha value is -1.86. The van der Waals surface area contributed by atoms with Crippen LogP contribution in [0.3, 0.4) is 0 Å². The van der Waals surface area contributed by atoms with Crippen molar-refractivity contribution in [1.29, 1.82) is 5.26 Å². The molecule has 1 N–H and O–H groups in total. The van der Waals surface area contributed by atoms with E-state index in [-0.39, 0.29) is 5.78 Å². The van der Waals surface area contributed by atoms with Crippen molar-refractivity contribution in [2.75, 3.05) is 31.5 Å². The van der Waals surface area contributed by atoms with Gasteiger partial charge in [0.1, 0.15) is 6.07 Å². The molecule has 1 aliphatic rings. The summed E-state index contributed by atoms with van der Waals surface area (Å²) >= 11 is 0. The Morgan fingerprint density at radius 3 is 2.62 bits per heavy atom. The number of nitriles is 1. The van der Waals surface area contributed by atoms with E-state index < -0.39 is 0 Å². The van der Waals surface area contributed by atoms with Crippen LogP contribution in [-0.2, 0) is 0 Å². The Balaban J connectivity index is 1.77. The molecular weight excluding hydrogens is 298 g/mol. The number of carbonyl (C=O) groups excluding carboxylic acids is 1. The van der Waals surface area contributed by atoms with Crippen molar-refractivity contribution in [2.45, 2.75) is 40.0 Å². The normalized spacial score (nSPS) is 21.2. The van der Waals surface area contributed by atoms with Gasteiger partial charge in [0.2, 0.25) is 0 Å². The molecule has 24 heavy (non-hydrogen) atoms. The van der Waals surface area contributed by atoms with Crippen molar-refractivity contribution >= 4 is 11.5 Å². The summed E-state index contributed by atoms with van der Waals surface area (Å²) in [5.41, 5.74) is 2.01. The maximum atomic E-state index is 11.5. The average Bonchev–Trinajstić information content (AvgIpc) is 2.53. The largest absolute Gasteiger partial charge is 0.384 e. The number of rotatable bonds is 7. The number of anilines is 1. The number of benzene rings is 1. The second-order valence-corrected chi connectivity index (χ2v) is 7.27. The molecule has 0 amide bonds. The first-order valence-electron chi connectivity index (χ1n) is 9.01. The number of hydrogen-bond acceptors (Lipinski definition) is 4. The second kappa shape index (κ2) is 8.84. The zero-order chi connectivity index (χ0) is 17.5. The predicted octanol–water partition coefficient (Wildman–Crippen LogP) is 3.93. The van der Waals surface area contributed by atoms with Crippen molar-refractivity contribution < 1.29 is 4.79 Å². The van der Waals surface area contributed by atoms with Crippen molar-refractivity contribution in [3.8, 4) is 6.07 Å². The predicted molar refractivity (Wildman–Crippen MR) is 98.3 cm³/mol. The number of likely N-dealkylation sites (tertiary alicyclic amines) is 1. The molecule has 1 aromatic rings. The third-order valence-corrected chi connectivity index (χ3v) is 4.71. The van der Waals surface area contributed by atoms with E-state index in [9.17, 15) is 10.1 Å². The van der Waals surface area contributed by atoms with Gasteiger partial charge in [-0.05, 0) is 62.8 Å². The number of hydrogen-bond donors (Lipinski definition) is 1. The van der Waals surface area contributed by atoms with Crippen LogP contribution < -0.4 is 5.32 Å². The molecule has 0 aliphatic carbocycles. The zero-order valence-electron chi connectivity index (χ0n) is 15.1. The number of nitrogens with zero attached hydrogens (tertiary/aromatic N) is 2. The van der Waals surface area contributed by atoms with Crippen molar-refractivity contribution in [3.63, 3.8) is 0 Å². The van der Waals surface area contributed by atoms with E-state index in [1.165, 1.54) is 19.5 Å². The Labute approximate surface area is 145 Å². The van der Waals surface area contributed by atoms with Crippen LogP contribution in [0, 0.1) is 23.2 Å². The lowest BCUT2D eigenvalue weighted by molar-refractivity contribution is 0.101. The third-order valence-electron chi connectivity index (χ3n) is 4.71. The summed E-state index contributed by atoms with van der Waals surface area (Å²) < 4.78 is 0. The summed E-state index contributed by atoms with van der Waals surface area (Å²) in [7, 11) is 0. The Morgan fingerprint density at radius 1 is 1.29 bits per heavy atom. The fraction of sp³-hybridized carbons (Fsp3) is 0.600. The molecule has 4 nitrogen and oxygen atoms in total. The molecule has 0 saturated carbocycles. The Bertz CT molecular complexity index is 595. The van der Waals surface area contributed by atoms with Gasteiger partial charge in [-0.15, -0.1) is 0 Å². The third kappa shape index (κ3) is 5.35. The van der Waals surface area contributed by atoms with Gasteiger partial charge in [-0.3, -0.25) is 4.79 Å². The minimum Gasteiger partial charge on any atom is -0.384 e. The van der Waals surface area contributed by atoms with Gasteiger partial charge in [0.25, 0.3) is 0 Å². The summed E-state index contributed by atoms with van der Waals surface area (Å²) in [6.45, 7) is 10.6. The summed E-state index contributed by atoms with van der Waals surface area (Å²) in [6.07, 6.45) is 3.57. The smallest absolute Gasteiger partial charge is 0.159 e. The lowest BCUT2D eigenvalue weighted by Gasteiger charge is -2.34. The number of nitrogens with one attached hydrogen (secondary N) is 1. The quantitative estimate of drug-likeness (QED) is 0.609. The summed E-state index contributed by atoms with van der Waals surface area (Å²) in [5, 5.41) is 12.5. The molecule has 0 radical (unpaired) electrons. The molecular formula is C20H29N3O. The van der Waals surface area contributed by atoms with Crippen LogP contribution in [0.15, 0.2) is 18.2 Å². The molecule has 0 bridgehead atoms. The summed E-state index contributed by atoms with van der Waals surface area (Å²) in [4.78, 5) is 14.1. The van der Waals surface area contributed by atoms with Crippen molar-refractivity contribution in [1.82, 2.24) is 4.90 Å². The topological polar surface area (TPSA) is 56.1 Å². The van der Waals surface area contributed by atoms with E-state index in [1.807, 2.05) is 0 Å². The average molecular weight is 327 g/mol. The second-order valence-electron chi connectivity index (χ2n) is 7.27. The lowest BCUT2D eigenvalue weighted by atomic mass is 9.92. The standard InChI is InChI=1S/C20H29N3O/c1-15-10-16(2)14-23(13-15)9-5-4-8-22-20-11-18(17(3)24)6-7-19(20)12-21/h6-7,11,15-16,22H,4-5,8-10,13-14H2,1-3H3. The highest BCUT2D eigenvalue weighted by Gasteiger charge is 2.20. The van der Waals surface area contributed by atoms with Gasteiger partial charge in [-0.1, -0.05) is 13.8 Å². The summed E-state index contributed by atoms with van der Waals surface area (Å²) in [5.74, 6) is 1.63. The molecule has 2 rings (SSSR count). The van der Waals surface area contributed by atoms with Crippen LogP contribution in [0.4, 0.5) is 5.69 Å². The van der Waals surface area contributed by atoms with Gasteiger partial charge in [-0.25, -0.2) is 0 Å². The van der Waals surface area contributed by atoms with Crippen LogP contribution in [-0.4, -0.2) is 36.9 Å². The van der Waals surface area contributed by atoms with Crippen molar-refractivity contribution in [2.24, 2.45) is 11.8 Å².